The fourth-order valence-electron chi connectivity index (χ4n) is 3.09. The van der Waals surface area contributed by atoms with Crippen LogP contribution in [0.15, 0.2) is 0 Å². The molecule has 0 rings (SSSR count). The lowest BCUT2D eigenvalue weighted by atomic mass is 10.0. The summed E-state index contributed by atoms with van der Waals surface area (Å²) in [6.45, 7) is 4.20. The van der Waals surface area contributed by atoms with E-state index in [1.165, 1.54) is 70.6 Å². The zero-order valence-corrected chi connectivity index (χ0v) is 16.4. The highest BCUT2D eigenvalue weighted by molar-refractivity contribution is 7.90. The van der Waals surface area contributed by atoms with E-state index in [4.69, 9.17) is 0 Å². The van der Waals surface area contributed by atoms with Crippen LogP contribution < -0.4 is 4.72 Å². The minimum absolute atomic E-state index is 0.271. The topological polar surface area (TPSA) is 46.2 Å². The Morgan fingerprint density at radius 2 is 1.13 bits per heavy atom. The van der Waals surface area contributed by atoms with Crippen molar-refractivity contribution in [3.8, 4) is 0 Å². The van der Waals surface area contributed by atoms with Crippen molar-refractivity contribution in [3.05, 3.63) is 7.05 Å². The van der Waals surface area contributed by atoms with E-state index in [1.54, 1.807) is 0 Å². The van der Waals surface area contributed by atoms with Gasteiger partial charge in [-0.15, -0.1) is 0 Å². The third-order valence-corrected chi connectivity index (χ3v) is 6.57. The third kappa shape index (κ3) is 12.9. The van der Waals surface area contributed by atoms with Gasteiger partial charge in [-0.2, -0.15) is 0 Å². The zero-order chi connectivity index (χ0) is 17.4. The molecule has 0 bridgehead atoms. The predicted octanol–water partition coefficient (Wildman–Crippen LogP) is 5.96. The Bertz CT molecular complexity index is 341. The van der Waals surface area contributed by atoms with Crippen molar-refractivity contribution >= 4 is 10.0 Å². The Morgan fingerprint density at radius 3 is 1.48 bits per heavy atom. The SMILES string of the molecule is [CH2]NS(=O)(=O)C(CC)CCCCCCCCCCCCCCC. The first-order valence-electron chi connectivity index (χ1n) is 9.86. The molecular formula is C19H40NO2S. The normalized spacial score (nSPS) is 13.3. The molecule has 0 aliphatic carbocycles. The molecule has 3 nitrogen and oxygen atoms in total. The molecule has 23 heavy (non-hydrogen) atoms. The van der Waals surface area contributed by atoms with E-state index >= 15 is 0 Å². The second-order valence-electron chi connectivity index (χ2n) is 6.75. The molecule has 0 aromatic rings. The van der Waals surface area contributed by atoms with Gasteiger partial charge in [0, 0.05) is 7.05 Å². The molecule has 1 atom stereocenters. The van der Waals surface area contributed by atoms with Crippen LogP contribution >= 0.6 is 0 Å². The molecule has 0 saturated heterocycles. The summed E-state index contributed by atoms with van der Waals surface area (Å²) < 4.78 is 25.6. The molecule has 0 aliphatic rings. The van der Waals surface area contributed by atoms with E-state index in [1.807, 2.05) is 6.92 Å². The largest absolute Gasteiger partial charge is 0.214 e. The van der Waals surface area contributed by atoms with E-state index < -0.39 is 10.0 Å². The first-order chi connectivity index (χ1) is 11.1. The quantitative estimate of drug-likeness (QED) is 0.330. The molecule has 0 saturated carbocycles. The number of hydrogen-bond acceptors (Lipinski definition) is 2. The fourth-order valence-corrected chi connectivity index (χ4v) is 4.24. The molecule has 0 aromatic carbocycles. The Labute approximate surface area is 146 Å². The molecule has 4 heteroatoms. The summed E-state index contributed by atoms with van der Waals surface area (Å²) in [7, 11) is 0.114. The summed E-state index contributed by atoms with van der Waals surface area (Å²) in [5, 5.41) is -0.271. The van der Waals surface area contributed by atoms with Crippen LogP contribution in [0.3, 0.4) is 0 Å². The van der Waals surface area contributed by atoms with Crippen molar-refractivity contribution in [2.24, 2.45) is 0 Å². The second kappa shape index (κ2) is 15.4. The van der Waals surface area contributed by atoms with Gasteiger partial charge in [0.2, 0.25) is 10.0 Å². The van der Waals surface area contributed by atoms with E-state index in [0.717, 1.165) is 19.3 Å². The summed E-state index contributed by atoms with van der Waals surface area (Å²) in [5.41, 5.74) is 0. The average molecular weight is 347 g/mol. The molecule has 0 aromatic heterocycles. The smallest absolute Gasteiger partial charge is 0.214 e. The molecule has 1 radical (unpaired) electrons. The van der Waals surface area contributed by atoms with Crippen molar-refractivity contribution < 1.29 is 8.42 Å². The molecule has 0 fully saturated rings. The van der Waals surface area contributed by atoms with Crippen LogP contribution in [-0.2, 0) is 10.0 Å². The lowest BCUT2D eigenvalue weighted by molar-refractivity contribution is 0.522. The average Bonchev–Trinajstić information content (AvgIpc) is 2.55. The standard InChI is InChI=1S/C19H40NO2S/c1-4-6-7-8-9-10-11-12-13-14-15-16-17-18-19(5-2)23(21,22)20-3/h19-20H,3-18H2,1-2H3. The molecule has 0 heterocycles. The lowest BCUT2D eigenvalue weighted by Crippen LogP contribution is -2.30. The van der Waals surface area contributed by atoms with Crippen LogP contribution in [0, 0.1) is 7.05 Å². The maximum absolute atomic E-state index is 11.7. The number of nitrogens with one attached hydrogen (secondary N) is 1. The molecule has 139 valence electrons. The predicted molar refractivity (Wildman–Crippen MR) is 102 cm³/mol. The maximum atomic E-state index is 11.7. The third-order valence-electron chi connectivity index (χ3n) is 4.73. The summed E-state index contributed by atoms with van der Waals surface area (Å²) in [6.07, 6.45) is 18.6. The minimum atomic E-state index is -3.19. The number of sulfonamides is 1. The van der Waals surface area contributed by atoms with Crippen LogP contribution in [0.25, 0.3) is 0 Å². The van der Waals surface area contributed by atoms with Crippen molar-refractivity contribution in [3.63, 3.8) is 0 Å². The molecule has 0 aliphatic heterocycles. The molecule has 1 unspecified atom stereocenters. The van der Waals surface area contributed by atoms with Crippen molar-refractivity contribution in [1.82, 2.24) is 4.72 Å². The first kappa shape index (κ1) is 22.9. The van der Waals surface area contributed by atoms with Gasteiger partial charge in [-0.25, -0.2) is 13.1 Å². The highest BCUT2D eigenvalue weighted by atomic mass is 32.2. The number of hydrogen-bond donors (Lipinski definition) is 1. The Balaban J connectivity index is 3.36. The summed E-state index contributed by atoms with van der Waals surface area (Å²) in [5.74, 6) is 0. The van der Waals surface area contributed by atoms with Crippen LogP contribution in [0.5, 0.6) is 0 Å². The van der Waals surface area contributed by atoms with E-state index in [-0.39, 0.29) is 5.25 Å². The van der Waals surface area contributed by atoms with Gasteiger partial charge >= 0.3 is 0 Å². The van der Waals surface area contributed by atoms with Gasteiger partial charge in [0.05, 0.1) is 5.25 Å². The zero-order valence-electron chi connectivity index (χ0n) is 15.6. The Morgan fingerprint density at radius 1 is 0.739 bits per heavy atom. The number of unbranched alkanes of at least 4 members (excludes halogenated alkanes) is 12. The van der Waals surface area contributed by atoms with Crippen LogP contribution in [0.1, 0.15) is 110 Å². The monoisotopic (exact) mass is 346 g/mol. The fraction of sp³-hybridized carbons (Fsp3) is 0.947. The van der Waals surface area contributed by atoms with E-state index in [9.17, 15) is 8.42 Å². The second-order valence-corrected chi connectivity index (χ2v) is 8.80. The molecule has 0 spiro atoms. The lowest BCUT2D eigenvalue weighted by Gasteiger charge is -2.14. The van der Waals surface area contributed by atoms with Gasteiger partial charge in [-0.1, -0.05) is 97.3 Å². The summed E-state index contributed by atoms with van der Waals surface area (Å²) >= 11 is 0. The van der Waals surface area contributed by atoms with Crippen LogP contribution in [-0.4, -0.2) is 13.7 Å². The van der Waals surface area contributed by atoms with Gasteiger partial charge in [0.1, 0.15) is 0 Å². The molecule has 1 N–H and O–H groups in total. The Kier molecular flexibility index (Phi) is 15.4. The Hall–Kier alpha value is -0.0900. The summed E-state index contributed by atoms with van der Waals surface area (Å²) in [6, 6.07) is 0. The van der Waals surface area contributed by atoms with Gasteiger partial charge < -0.3 is 0 Å². The van der Waals surface area contributed by atoms with Crippen molar-refractivity contribution in [1.29, 1.82) is 0 Å². The van der Waals surface area contributed by atoms with E-state index in [0.29, 0.717) is 6.42 Å². The summed E-state index contributed by atoms with van der Waals surface area (Å²) in [4.78, 5) is 0. The first-order valence-corrected chi connectivity index (χ1v) is 11.4. The van der Waals surface area contributed by atoms with Gasteiger partial charge in [-0.3, -0.25) is 0 Å². The minimum Gasteiger partial charge on any atom is -0.214 e. The maximum Gasteiger partial charge on any atom is 0.214 e. The van der Waals surface area contributed by atoms with Gasteiger partial charge in [0.25, 0.3) is 0 Å². The van der Waals surface area contributed by atoms with Gasteiger partial charge in [-0.05, 0) is 12.8 Å². The molecular weight excluding hydrogens is 306 g/mol. The van der Waals surface area contributed by atoms with Crippen molar-refractivity contribution in [2.45, 2.75) is 115 Å². The van der Waals surface area contributed by atoms with E-state index in [2.05, 4.69) is 18.7 Å². The molecule has 0 amide bonds. The van der Waals surface area contributed by atoms with Crippen LogP contribution in [0.2, 0.25) is 0 Å². The van der Waals surface area contributed by atoms with Crippen LogP contribution in [0.4, 0.5) is 0 Å². The highest BCUT2D eigenvalue weighted by Gasteiger charge is 2.20. The van der Waals surface area contributed by atoms with Crippen molar-refractivity contribution in [2.75, 3.05) is 0 Å². The number of rotatable bonds is 17. The highest BCUT2D eigenvalue weighted by Crippen LogP contribution is 2.16. The van der Waals surface area contributed by atoms with Gasteiger partial charge in [0.15, 0.2) is 0 Å².